The van der Waals surface area contributed by atoms with Crippen molar-refractivity contribution in [2.24, 2.45) is 7.05 Å². The van der Waals surface area contributed by atoms with E-state index in [1.165, 1.54) is 0 Å². The number of hydrogen-bond donors (Lipinski definition) is 2. The molecule has 0 bridgehead atoms. The first-order valence-corrected chi connectivity index (χ1v) is 9.56. The number of nitrogens with zero attached hydrogens (tertiary/aromatic N) is 1. The summed E-state index contributed by atoms with van der Waals surface area (Å²) in [5, 5.41) is 11.4. The Bertz CT molecular complexity index is 1020. The van der Waals surface area contributed by atoms with E-state index in [1.54, 1.807) is 19.1 Å². The van der Waals surface area contributed by atoms with E-state index in [4.69, 9.17) is 0 Å². The van der Waals surface area contributed by atoms with Gasteiger partial charge in [-0.3, -0.25) is 0 Å². The van der Waals surface area contributed by atoms with Gasteiger partial charge in [0, 0.05) is 25.3 Å². The standard InChI is InChI=1S/C19H22N2O3S/c1-13-4-7-19(14(2)10-13)25(23,24)20-12-18(22)16-5-6-17-15(11-16)8-9-21(17)3/h4-11,18,20,22H,12H2,1-3H3. The summed E-state index contributed by atoms with van der Waals surface area (Å²) in [6.45, 7) is 3.61. The molecule has 6 heteroatoms. The van der Waals surface area contributed by atoms with Crippen molar-refractivity contribution in [3.8, 4) is 0 Å². The lowest BCUT2D eigenvalue weighted by Crippen LogP contribution is -2.29. The average molecular weight is 358 g/mol. The predicted molar refractivity (Wildman–Crippen MR) is 99.0 cm³/mol. The van der Waals surface area contributed by atoms with Crippen LogP contribution in [0, 0.1) is 13.8 Å². The van der Waals surface area contributed by atoms with Crippen molar-refractivity contribution in [1.29, 1.82) is 0 Å². The molecule has 0 saturated carbocycles. The second kappa shape index (κ2) is 6.63. The van der Waals surface area contributed by atoms with Crippen molar-refractivity contribution in [2.75, 3.05) is 6.54 Å². The molecule has 1 atom stereocenters. The zero-order valence-corrected chi connectivity index (χ0v) is 15.3. The second-order valence-electron chi connectivity index (χ2n) is 6.38. The number of benzene rings is 2. The Kier molecular flexibility index (Phi) is 4.69. The Morgan fingerprint density at radius 1 is 1.12 bits per heavy atom. The van der Waals surface area contributed by atoms with Gasteiger partial charge in [-0.25, -0.2) is 13.1 Å². The van der Waals surface area contributed by atoms with Crippen LogP contribution in [-0.4, -0.2) is 24.6 Å². The molecule has 0 saturated heterocycles. The van der Waals surface area contributed by atoms with Crippen LogP contribution in [0.5, 0.6) is 0 Å². The van der Waals surface area contributed by atoms with E-state index in [0.717, 1.165) is 16.5 Å². The lowest BCUT2D eigenvalue weighted by Gasteiger charge is -2.14. The number of aliphatic hydroxyl groups excluding tert-OH is 1. The maximum absolute atomic E-state index is 12.5. The van der Waals surface area contributed by atoms with E-state index < -0.39 is 16.1 Å². The Morgan fingerprint density at radius 2 is 1.88 bits per heavy atom. The van der Waals surface area contributed by atoms with Gasteiger partial charge in [-0.15, -0.1) is 0 Å². The molecular weight excluding hydrogens is 336 g/mol. The zero-order valence-electron chi connectivity index (χ0n) is 14.5. The van der Waals surface area contributed by atoms with Gasteiger partial charge in [0.05, 0.1) is 11.0 Å². The summed E-state index contributed by atoms with van der Waals surface area (Å²) in [6.07, 6.45) is 1.04. The fourth-order valence-electron chi connectivity index (χ4n) is 2.99. The van der Waals surface area contributed by atoms with Crippen LogP contribution in [0.3, 0.4) is 0 Å². The van der Waals surface area contributed by atoms with Crippen LogP contribution in [0.15, 0.2) is 53.6 Å². The van der Waals surface area contributed by atoms with Crippen LogP contribution in [0.1, 0.15) is 22.8 Å². The summed E-state index contributed by atoms with van der Waals surface area (Å²) in [7, 11) is -1.71. The van der Waals surface area contributed by atoms with E-state index >= 15 is 0 Å². The molecule has 3 aromatic rings. The molecule has 1 unspecified atom stereocenters. The van der Waals surface area contributed by atoms with Crippen LogP contribution in [0.2, 0.25) is 0 Å². The van der Waals surface area contributed by atoms with Gasteiger partial charge in [0.25, 0.3) is 0 Å². The van der Waals surface area contributed by atoms with Crippen molar-refractivity contribution in [3.05, 3.63) is 65.4 Å². The van der Waals surface area contributed by atoms with E-state index in [1.807, 2.05) is 55.1 Å². The third kappa shape index (κ3) is 3.61. The van der Waals surface area contributed by atoms with Gasteiger partial charge in [0.15, 0.2) is 0 Å². The molecule has 0 aliphatic heterocycles. The molecule has 0 aliphatic carbocycles. The molecule has 25 heavy (non-hydrogen) atoms. The highest BCUT2D eigenvalue weighted by atomic mass is 32.2. The number of aromatic nitrogens is 1. The van der Waals surface area contributed by atoms with Gasteiger partial charge in [-0.05, 0) is 54.6 Å². The number of nitrogens with one attached hydrogen (secondary N) is 1. The van der Waals surface area contributed by atoms with Crippen LogP contribution in [0.4, 0.5) is 0 Å². The highest BCUT2D eigenvalue weighted by Crippen LogP contribution is 2.22. The first-order valence-electron chi connectivity index (χ1n) is 8.08. The monoisotopic (exact) mass is 358 g/mol. The number of aryl methyl sites for hydroxylation is 3. The quantitative estimate of drug-likeness (QED) is 0.737. The summed E-state index contributed by atoms with van der Waals surface area (Å²) in [5.74, 6) is 0. The Hall–Kier alpha value is -2.15. The molecule has 1 heterocycles. The molecular formula is C19H22N2O3S. The molecule has 0 fully saturated rings. The Morgan fingerprint density at radius 3 is 2.60 bits per heavy atom. The summed E-state index contributed by atoms with van der Waals surface area (Å²) < 4.78 is 29.5. The van der Waals surface area contributed by atoms with Gasteiger partial charge >= 0.3 is 0 Å². The van der Waals surface area contributed by atoms with Crippen LogP contribution >= 0.6 is 0 Å². The number of hydrogen-bond acceptors (Lipinski definition) is 3. The maximum atomic E-state index is 12.5. The third-order valence-corrected chi connectivity index (χ3v) is 5.96. The largest absolute Gasteiger partial charge is 0.387 e. The van der Waals surface area contributed by atoms with Crippen LogP contribution in [0.25, 0.3) is 10.9 Å². The number of sulfonamides is 1. The lowest BCUT2D eigenvalue weighted by molar-refractivity contribution is 0.182. The number of rotatable bonds is 5. The molecule has 0 aliphatic rings. The van der Waals surface area contributed by atoms with Gasteiger partial charge in [-0.1, -0.05) is 23.8 Å². The normalized spacial score (nSPS) is 13.3. The minimum absolute atomic E-state index is 0.0754. The van der Waals surface area contributed by atoms with E-state index in [-0.39, 0.29) is 11.4 Å². The molecule has 132 valence electrons. The van der Waals surface area contributed by atoms with Crippen molar-refractivity contribution in [2.45, 2.75) is 24.8 Å². The molecule has 0 amide bonds. The van der Waals surface area contributed by atoms with Gasteiger partial charge in [0.1, 0.15) is 0 Å². The summed E-state index contributed by atoms with van der Waals surface area (Å²) in [5.41, 5.74) is 3.44. The minimum Gasteiger partial charge on any atom is -0.387 e. The summed E-state index contributed by atoms with van der Waals surface area (Å²) in [4.78, 5) is 0.240. The van der Waals surface area contributed by atoms with Crippen LogP contribution in [-0.2, 0) is 17.1 Å². The zero-order chi connectivity index (χ0) is 18.2. The lowest BCUT2D eigenvalue weighted by atomic mass is 10.1. The Balaban J connectivity index is 1.76. The van der Waals surface area contributed by atoms with E-state index in [2.05, 4.69) is 4.72 Å². The van der Waals surface area contributed by atoms with Gasteiger partial charge in [-0.2, -0.15) is 0 Å². The summed E-state index contributed by atoms with van der Waals surface area (Å²) >= 11 is 0. The maximum Gasteiger partial charge on any atom is 0.240 e. The van der Waals surface area contributed by atoms with Gasteiger partial charge in [0.2, 0.25) is 10.0 Å². The fraction of sp³-hybridized carbons (Fsp3) is 0.263. The third-order valence-electron chi connectivity index (χ3n) is 4.38. The number of aliphatic hydroxyl groups is 1. The molecule has 0 spiro atoms. The second-order valence-corrected chi connectivity index (χ2v) is 8.12. The van der Waals surface area contributed by atoms with Crippen molar-refractivity contribution >= 4 is 20.9 Å². The van der Waals surface area contributed by atoms with E-state index in [9.17, 15) is 13.5 Å². The summed E-state index contributed by atoms with van der Waals surface area (Å²) in [6, 6.07) is 12.8. The molecule has 2 aromatic carbocycles. The first kappa shape index (κ1) is 17.7. The SMILES string of the molecule is Cc1ccc(S(=O)(=O)NCC(O)c2ccc3c(ccn3C)c2)c(C)c1. The predicted octanol–water partition coefficient (Wildman–Crippen LogP) is 2.81. The Labute approximate surface area is 148 Å². The van der Waals surface area contributed by atoms with Crippen LogP contribution < -0.4 is 4.72 Å². The molecule has 1 aromatic heterocycles. The molecule has 2 N–H and O–H groups in total. The molecule has 5 nitrogen and oxygen atoms in total. The topological polar surface area (TPSA) is 71.3 Å². The van der Waals surface area contributed by atoms with Gasteiger partial charge < -0.3 is 9.67 Å². The molecule has 3 rings (SSSR count). The van der Waals surface area contributed by atoms with E-state index in [0.29, 0.717) is 11.1 Å². The van der Waals surface area contributed by atoms with Crippen molar-refractivity contribution in [3.63, 3.8) is 0 Å². The first-order chi connectivity index (χ1) is 11.8. The van der Waals surface area contributed by atoms with Crippen molar-refractivity contribution in [1.82, 2.24) is 9.29 Å². The fourth-order valence-corrected chi connectivity index (χ4v) is 4.26. The minimum atomic E-state index is -3.66. The molecule has 0 radical (unpaired) electrons. The smallest absolute Gasteiger partial charge is 0.240 e. The average Bonchev–Trinajstić information content (AvgIpc) is 2.93. The highest BCUT2D eigenvalue weighted by Gasteiger charge is 2.19. The van der Waals surface area contributed by atoms with Crippen molar-refractivity contribution < 1.29 is 13.5 Å². The highest BCUT2D eigenvalue weighted by molar-refractivity contribution is 7.89. The number of fused-ring (bicyclic) bond motifs is 1.